The predicted molar refractivity (Wildman–Crippen MR) is 70.9 cm³/mol. The van der Waals surface area contributed by atoms with Crippen molar-refractivity contribution in [1.82, 2.24) is 14.5 Å². The summed E-state index contributed by atoms with van der Waals surface area (Å²) in [4.78, 5) is 39.9. The van der Waals surface area contributed by atoms with E-state index < -0.39 is 23.4 Å². The molecule has 2 heterocycles. The summed E-state index contributed by atoms with van der Waals surface area (Å²) in [6.07, 6.45) is 1.32. The molecule has 2 rings (SSSR count). The van der Waals surface area contributed by atoms with Crippen molar-refractivity contribution in [1.29, 1.82) is 0 Å². The Bertz CT molecular complexity index is 599. The van der Waals surface area contributed by atoms with Gasteiger partial charge in [0.2, 0.25) is 0 Å². The fourth-order valence-corrected chi connectivity index (χ4v) is 2.01. The molecular weight excluding hydrogens is 278 g/mol. The van der Waals surface area contributed by atoms with Crippen molar-refractivity contribution >= 4 is 17.8 Å². The van der Waals surface area contributed by atoms with E-state index in [2.05, 4.69) is 4.98 Å². The maximum Gasteiger partial charge on any atom is 0.356 e. The molecule has 21 heavy (non-hydrogen) atoms. The fourth-order valence-electron chi connectivity index (χ4n) is 2.01. The van der Waals surface area contributed by atoms with Crippen molar-refractivity contribution in [3.05, 3.63) is 17.7 Å². The van der Waals surface area contributed by atoms with E-state index in [1.807, 2.05) is 0 Å². The molecule has 0 fully saturated rings. The van der Waals surface area contributed by atoms with Gasteiger partial charge in [-0.05, 0) is 20.8 Å². The number of carboxylic acids is 1. The average Bonchev–Trinajstić information content (AvgIpc) is 2.75. The number of imidazole rings is 1. The Morgan fingerprint density at radius 1 is 1.38 bits per heavy atom. The molecule has 0 spiro atoms. The van der Waals surface area contributed by atoms with Crippen LogP contribution in [0.4, 0.5) is 0 Å². The third-order valence-electron chi connectivity index (χ3n) is 2.82. The molecule has 1 aromatic heterocycles. The van der Waals surface area contributed by atoms with Gasteiger partial charge in [0.1, 0.15) is 12.1 Å². The highest BCUT2D eigenvalue weighted by Crippen LogP contribution is 2.14. The molecule has 1 aliphatic rings. The zero-order valence-corrected chi connectivity index (χ0v) is 12.1. The second-order valence-corrected chi connectivity index (χ2v) is 5.76. The molecule has 1 aliphatic heterocycles. The number of aromatic nitrogens is 2. The molecule has 0 saturated heterocycles. The van der Waals surface area contributed by atoms with E-state index in [0.717, 1.165) is 0 Å². The first-order valence-corrected chi connectivity index (χ1v) is 6.49. The van der Waals surface area contributed by atoms with E-state index in [1.54, 1.807) is 20.8 Å². The lowest BCUT2D eigenvalue weighted by Gasteiger charge is -2.28. The second kappa shape index (κ2) is 5.19. The maximum atomic E-state index is 12.2. The molecule has 8 heteroatoms. The molecule has 1 amide bonds. The van der Waals surface area contributed by atoms with Gasteiger partial charge in [0.05, 0.1) is 0 Å². The number of esters is 1. The molecule has 0 radical (unpaired) electrons. The van der Waals surface area contributed by atoms with Gasteiger partial charge in [0.25, 0.3) is 5.91 Å². The number of carboxylic acid groups (broad SMARTS) is 1. The first kappa shape index (κ1) is 15.0. The van der Waals surface area contributed by atoms with Crippen LogP contribution in [0.1, 0.15) is 41.9 Å². The van der Waals surface area contributed by atoms with Gasteiger partial charge in [-0.1, -0.05) is 0 Å². The number of hydrogen-bond donors (Lipinski definition) is 1. The molecule has 0 bridgehead atoms. The Kier molecular flexibility index (Phi) is 3.71. The van der Waals surface area contributed by atoms with E-state index in [9.17, 15) is 14.4 Å². The van der Waals surface area contributed by atoms with Crippen LogP contribution in [-0.2, 0) is 16.1 Å². The Balaban J connectivity index is 2.10. The summed E-state index contributed by atoms with van der Waals surface area (Å²) in [7, 11) is 0. The van der Waals surface area contributed by atoms with Gasteiger partial charge in [-0.15, -0.1) is 0 Å². The SMILES string of the molecule is CC(C)(C)OC(=O)CN1CCn2cc(C(=O)O)nc2C1=O. The quantitative estimate of drug-likeness (QED) is 0.809. The molecule has 0 unspecified atom stereocenters. The summed E-state index contributed by atoms with van der Waals surface area (Å²) in [5, 5.41) is 8.88. The maximum absolute atomic E-state index is 12.2. The number of nitrogens with zero attached hydrogens (tertiary/aromatic N) is 3. The first-order valence-electron chi connectivity index (χ1n) is 6.49. The predicted octanol–water partition coefficient (Wildman–Crippen LogP) is 0.379. The van der Waals surface area contributed by atoms with Crippen LogP contribution in [0, 0.1) is 0 Å². The van der Waals surface area contributed by atoms with Crippen LogP contribution in [0.25, 0.3) is 0 Å². The van der Waals surface area contributed by atoms with Crippen molar-refractivity contribution < 1.29 is 24.2 Å². The molecule has 0 saturated carbocycles. The van der Waals surface area contributed by atoms with Crippen molar-refractivity contribution in [2.24, 2.45) is 0 Å². The van der Waals surface area contributed by atoms with Gasteiger partial charge in [0.15, 0.2) is 11.5 Å². The van der Waals surface area contributed by atoms with Crippen LogP contribution >= 0.6 is 0 Å². The van der Waals surface area contributed by atoms with E-state index in [4.69, 9.17) is 9.84 Å². The molecular formula is C13H17N3O5. The number of carbonyl (C=O) groups excluding carboxylic acids is 2. The lowest BCUT2D eigenvalue weighted by Crippen LogP contribution is -2.44. The smallest absolute Gasteiger partial charge is 0.356 e. The van der Waals surface area contributed by atoms with Crippen LogP contribution in [0.5, 0.6) is 0 Å². The highest BCUT2D eigenvalue weighted by Gasteiger charge is 2.30. The summed E-state index contributed by atoms with van der Waals surface area (Å²) in [5.74, 6) is -2.14. The summed E-state index contributed by atoms with van der Waals surface area (Å²) < 4.78 is 6.65. The Morgan fingerprint density at radius 2 is 2.05 bits per heavy atom. The Hall–Kier alpha value is -2.38. The van der Waals surface area contributed by atoms with Crippen LogP contribution in [0.15, 0.2) is 6.20 Å². The summed E-state index contributed by atoms with van der Waals surface area (Å²) in [5.41, 5.74) is -0.803. The second-order valence-electron chi connectivity index (χ2n) is 5.76. The van der Waals surface area contributed by atoms with E-state index in [0.29, 0.717) is 13.1 Å². The minimum atomic E-state index is -1.19. The largest absolute Gasteiger partial charge is 0.476 e. The number of carbonyl (C=O) groups is 3. The van der Waals surface area contributed by atoms with Crippen LogP contribution < -0.4 is 0 Å². The Labute approximate surface area is 121 Å². The number of ether oxygens (including phenoxy) is 1. The van der Waals surface area contributed by atoms with Gasteiger partial charge in [-0.2, -0.15) is 0 Å². The number of amides is 1. The topological polar surface area (TPSA) is 102 Å². The van der Waals surface area contributed by atoms with Gasteiger partial charge >= 0.3 is 11.9 Å². The summed E-state index contributed by atoms with van der Waals surface area (Å²) in [6.45, 7) is 5.76. The number of hydrogen-bond acceptors (Lipinski definition) is 5. The third-order valence-corrected chi connectivity index (χ3v) is 2.82. The molecule has 8 nitrogen and oxygen atoms in total. The fraction of sp³-hybridized carbons (Fsp3) is 0.538. The van der Waals surface area contributed by atoms with Crippen molar-refractivity contribution in [2.45, 2.75) is 32.9 Å². The molecule has 1 aromatic rings. The van der Waals surface area contributed by atoms with Crippen molar-refractivity contribution in [3.8, 4) is 0 Å². The highest BCUT2D eigenvalue weighted by molar-refractivity contribution is 5.95. The average molecular weight is 295 g/mol. The van der Waals surface area contributed by atoms with Gasteiger partial charge in [-0.25, -0.2) is 9.78 Å². The molecule has 114 valence electrons. The zero-order chi connectivity index (χ0) is 15.8. The molecule has 1 N–H and O–H groups in total. The van der Waals surface area contributed by atoms with Crippen LogP contribution in [-0.4, -0.2) is 56.1 Å². The number of rotatable bonds is 3. The number of fused-ring (bicyclic) bond motifs is 1. The first-order chi connectivity index (χ1) is 9.67. The minimum Gasteiger partial charge on any atom is -0.476 e. The summed E-state index contributed by atoms with van der Waals surface area (Å²) in [6, 6.07) is 0. The van der Waals surface area contributed by atoms with E-state index in [1.165, 1.54) is 15.7 Å². The highest BCUT2D eigenvalue weighted by atomic mass is 16.6. The van der Waals surface area contributed by atoms with Gasteiger partial charge in [-0.3, -0.25) is 9.59 Å². The van der Waals surface area contributed by atoms with Gasteiger partial charge in [0, 0.05) is 19.3 Å². The lowest BCUT2D eigenvalue weighted by molar-refractivity contribution is -0.155. The van der Waals surface area contributed by atoms with E-state index >= 15 is 0 Å². The molecule has 0 aromatic carbocycles. The van der Waals surface area contributed by atoms with Gasteiger partial charge < -0.3 is 19.3 Å². The molecule has 0 aliphatic carbocycles. The standard InChI is InChI=1S/C13H17N3O5/c1-13(2,3)21-9(17)7-16-5-4-15-6-8(12(19)20)14-10(15)11(16)18/h6H,4-5,7H2,1-3H3,(H,19,20). The normalized spacial score (nSPS) is 14.8. The monoisotopic (exact) mass is 295 g/mol. The van der Waals surface area contributed by atoms with Crippen LogP contribution in [0.3, 0.4) is 0 Å². The zero-order valence-electron chi connectivity index (χ0n) is 12.1. The van der Waals surface area contributed by atoms with E-state index in [-0.39, 0.29) is 18.1 Å². The van der Waals surface area contributed by atoms with Crippen molar-refractivity contribution in [2.75, 3.05) is 13.1 Å². The van der Waals surface area contributed by atoms with Crippen molar-refractivity contribution in [3.63, 3.8) is 0 Å². The third kappa shape index (κ3) is 3.39. The van der Waals surface area contributed by atoms with Crippen LogP contribution in [0.2, 0.25) is 0 Å². The summed E-state index contributed by atoms with van der Waals surface area (Å²) >= 11 is 0. The molecule has 0 atom stereocenters. The minimum absolute atomic E-state index is 0.0298. The number of aromatic carboxylic acids is 1. The lowest BCUT2D eigenvalue weighted by atomic mass is 10.2. The Morgan fingerprint density at radius 3 is 2.62 bits per heavy atom.